The Bertz CT molecular complexity index is 1310. The van der Waals surface area contributed by atoms with Crippen molar-refractivity contribution in [3.8, 4) is 0 Å². The van der Waals surface area contributed by atoms with Gasteiger partial charge in [0.15, 0.2) is 23.2 Å². The second-order valence-corrected chi connectivity index (χ2v) is 9.65. The molecule has 3 unspecified atom stereocenters. The van der Waals surface area contributed by atoms with Crippen molar-refractivity contribution in [3.05, 3.63) is 83.4 Å². The van der Waals surface area contributed by atoms with Gasteiger partial charge in [0.1, 0.15) is 18.3 Å². The Morgan fingerprint density at radius 2 is 1.50 bits per heavy atom. The first kappa shape index (κ1) is 23.3. The van der Waals surface area contributed by atoms with E-state index in [4.69, 9.17) is 16.3 Å². The van der Waals surface area contributed by atoms with Crippen LogP contribution in [0, 0.1) is 0 Å². The molecule has 6 atom stereocenters. The number of aliphatic hydroxyl groups is 3. The third kappa shape index (κ3) is 3.93. The number of rotatable bonds is 5. The normalized spacial score (nSPS) is 28.3. The van der Waals surface area contributed by atoms with E-state index in [1.165, 1.54) is 22.0 Å². The lowest BCUT2D eigenvalue weighted by atomic mass is 9.84. The molecular weight excluding hydrogens is 482 g/mol. The van der Waals surface area contributed by atoms with E-state index in [1.807, 2.05) is 12.1 Å². The topological polar surface area (TPSA) is 117 Å². The third-order valence-electron chi connectivity index (χ3n) is 7.24. The van der Waals surface area contributed by atoms with E-state index >= 15 is 0 Å². The van der Waals surface area contributed by atoms with E-state index in [-0.39, 0.29) is 17.1 Å². The molecule has 186 valence electrons. The Balaban J connectivity index is 1.39. The summed E-state index contributed by atoms with van der Waals surface area (Å²) in [6.45, 7) is 1.01. The van der Waals surface area contributed by atoms with Gasteiger partial charge >= 0.3 is 0 Å². The summed E-state index contributed by atoms with van der Waals surface area (Å²) in [5.41, 5.74) is 3.42. The number of hydrogen-bond donors (Lipinski definition) is 3. The van der Waals surface area contributed by atoms with Crippen LogP contribution in [0.25, 0.3) is 11.2 Å². The number of halogens is 1. The Kier molecular flexibility index (Phi) is 6.10. The number of anilines is 1. The molecule has 9 nitrogen and oxygen atoms in total. The van der Waals surface area contributed by atoms with Gasteiger partial charge in [-0.25, -0.2) is 4.98 Å². The summed E-state index contributed by atoms with van der Waals surface area (Å²) in [6, 6.07) is 20.9. The molecule has 2 fully saturated rings. The van der Waals surface area contributed by atoms with Gasteiger partial charge in [0, 0.05) is 24.9 Å². The van der Waals surface area contributed by atoms with Crippen molar-refractivity contribution in [2.45, 2.75) is 36.4 Å². The molecule has 0 radical (unpaired) electrons. The summed E-state index contributed by atoms with van der Waals surface area (Å²) in [6.07, 6.45) is -2.86. The molecule has 0 saturated carbocycles. The van der Waals surface area contributed by atoms with E-state index < -0.39 is 31.1 Å². The summed E-state index contributed by atoms with van der Waals surface area (Å²) in [7, 11) is 0. The first-order valence-electron chi connectivity index (χ1n) is 11.9. The standard InChI is InChI=1S/C26H26ClN5O4/c27-26-29-23(20-24(30-26)32(14-28-20)25-22(35)21(34)19(13-33)36-25)31-11-17(15-7-3-1-4-8-15)18(12-31)16-9-5-2-6-10-16/h1-10,14,17-19,21-22,25,33-35H,11-13H2/t17?,18?,19-,21?,22+,25-/m1/s1. The molecular formula is C26H26ClN5O4. The maximum atomic E-state index is 10.5. The van der Waals surface area contributed by atoms with Gasteiger partial charge in [0.05, 0.1) is 12.9 Å². The van der Waals surface area contributed by atoms with Gasteiger partial charge in [-0.05, 0) is 22.7 Å². The van der Waals surface area contributed by atoms with Crippen LogP contribution in [0.4, 0.5) is 5.82 Å². The summed E-state index contributed by atoms with van der Waals surface area (Å²) in [5.74, 6) is 1.08. The average molecular weight is 508 g/mol. The van der Waals surface area contributed by atoms with Gasteiger partial charge in [-0.15, -0.1) is 0 Å². The van der Waals surface area contributed by atoms with Crippen LogP contribution >= 0.6 is 11.6 Å². The highest BCUT2D eigenvalue weighted by Gasteiger charge is 2.44. The van der Waals surface area contributed by atoms with E-state index in [9.17, 15) is 15.3 Å². The van der Waals surface area contributed by atoms with Crippen molar-refractivity contribution in [3.63, 3.8) is 0 Å². The fraction of sp³-hybridized carbons (Fsp3) is 0.346. The van der Waals surface area contributed by atoms with Gasteiger partial charge < -0.3 is 25.0 Å². The summed E-state index contributed by atoms with van der Waals surface area (Å²) < 4.78 is 7.24. The highest BCUT2D eigenvalue weighted by Crippen LogP contribution is 2.42. The first-order valence-corrected chi connectivity index (χ1v) is 12.3. The smallest absolute Gasteiger partial charge is 0.226 e. The van der Waals surface area contributed by atoms with Gasteiger partial charge in [-0.2, -0.15) is 9.97 Å². The van der Waals surface area contributed by atoms with Crippen LogP contribution in [0.1, 0.15) is 29.2 Å². The molecule has 0 aliphatic carbocycles. The minimum Gasteiger partial charge on any atom is -0.394 e. The van der Waals surface area contributed by atoms with Gasteiger partial charge in [-0.1, -0.05) is 60.7 Å². The molecule has 2 aliphatic heterocycles. The monoisotopic (exact) mass is 507 g/mol. The zero-order valence-electron chi connectivity index (χ0n) is 19.3. The Hall–Kier alpha value is -3.08. The number of nitrogens with zero attached hydrogens (tertiary/aromatic N) is 5. The van der Waals surface area contributed by atoms with Crippen LogP contribution < -0.4 is 4.90 Å². The molecule has 10 heteroatoms. The summed E-state index contributed by atoms with van der Waals surface area (Å²) in [5, 5.41) is 30.3. The Labute approximate surface area is 212 Å². The fourth-order valence-corrected chi connectivity index (χ4v) is 5.61. The molecule has 4 aromatic rings. The summed E-state index contributed by atoms with van der Waals surface area (Å²) in [4.78, 5) is 15.7. The second-order valence-electron chi connectivity index (χ2n) is 9.31. The molecule has 2 aliphatic rings. The van der Waals surface area contributed by atoms with E-state index in [0.29, 0.717) is 30.1 Å². The number of ether oxygens (including phenoxy) is 1. The minimum atomic E-state index is -1.26. The molecule has 36 heavy (non-hydrogen) atoms. The van der Waals surface area contributed by atoms with Crippen LogP contribution in [0.15, 0.2) is 67.0 Å². The fourth-order valence-electron chi connectivity index (χ4n) is 5.45. The van der Waals surface area contributed by atoms with Crippen LogP contribution in [0.2, 0.25) is 5.28 Å². The maximum absolute atomic E-state index is 10.5. The number of aliphatic hydroxyl groups excluding tert-OH is 3. The predicted molar refractivity (Wildman–Crippen MR) is 134 cm³/mol. The Morgan fingerprint density at radius 1 is 0.889 bits per heavy atom. The van der Waals surface area contributed by atoms with Crippen molar-refractivity contribution >= 4 is 28.6 Å². The van der Waals surface area contributed by atoms with Gasteiger partial charge in [-0.3, -0.25) is 4.57 Å². The third-order valence-corrected chi connectivity index (χ3v) is 7.41. The Morgan fingerprint density at radius 3 is 2.06 bits per heavy atom. The molecule has 0 spiro atoms. The summed E-state index contributed by atoms with van der Waals surface area (Å²) >= 11 is 6.38. The molecule has 0 bridgehead atoms. The number of fused-ring (bicyclic) bond motifs is 1. The number of aromatic nitrogens is 4. The molecule has 4 heterocycles. The van der Waals surface area contributed by atoms with Crippen molar-refractivity contribution in [1.82, 2.24) is 19.5 Å². The highest BCUT2D eigenvalue weighted by molar-refractivity contribution is 6.28. The SMILES string of the molecule is OC[C@H]1O[C@@H](n2cnc3c(N4CC(c5ccccc5)C(c5ccccc5)C4)nc(Cl)nc32)[C@@H](O)C1O. The number of imidazole rings is 1. The van der Waals surface area contributed by atoms with E-state index in [0.717, 1.165) is 0 Å². The van der Waals surface area contributed by atoms with Crippen LogP contribution in [0.5, 0.6) is 0 Å². The molecule has 2 aromatic carbocycles. The number of benzene rings is 2. The quantitative estimate of drug-likeness (QED) is 0.353. The van der Waals surface area contributed by atoms with Crippen LogP contribution in [0.3, 0.4) is 0 Å². The maximum Gasteiger partial charge on any atom is 0.226 e. The molecule has 2 aromatic heterocycles. The second kappa shape index (κ2) is 9.42. The molecule has 2 saturated heterocycles. The highest BCUT2D eigenvalue weighted by atomic mass is 35.5. The minimum absolute atomic E-state index is 0.0467. The van der Waals surface area contributed by atoms with Crippen molar-refractivity contribution in [2.24, 2.45) is 0 Å². The number of hydrogen-bond acceptors (Lipinski definition) is 8. The van der Waals surface area contributed by atoms with Crippen molar-refractivity contribution < 1.29 is 20.1 Å². The lowest BCUT2D eigenvalue weighted by Crippen LogP contribution is -2.33. The zero-order valence-corrected chi connectivity index (χ0v) is 20.1. The van der Waals surface area contributed by atoms with Crippen molar-refractivity contribution in [2.75, 3.05) is 24.6 Å². The zero-order chi connectivity index (χ0) is 24.8. The largest absolute Gasteiger partial charge is 0.394 e. The van der Waals surface area contributed by atoms with Crippen molar-refractivity contribution in [1.29, 1.82) is 0 Å². The molecule has 0 amide bonds. The van der Waals surface area contributed by atoms with Gasteiger partial charge in [0.2, 0.25) is 5.28 Å². The lowest BCUT2D eigenvalue weighted by Gasteiger charge is -2.19. The molecule has 3 N–H and O–H groups in total. The first-order chi connectivity index (χ1) is 17.5. The average Bonchev–Trinajstić information content (AvgIpc) is 3.61. The lowest BCUT2D eigenvalue weighted by molar-refractivity contribution is -0.0511. The van der Waals surface area contributed by atoms with Crippen LogP contribution in [-0.2, 0) is 4.74 Å². The predicted octanol–water partition coefficient (Wildman–Crippen LogP) is 2.48. The van der Waals surface area contributed by atoms with Crippen LogP contribution in [-0.4, -0.2) is 72.8 Å². The molecule has 6 rings (SSSR count). The van der Waals surface area contributed by atoms with E-state index in [2.05, 4.69) is 68.4 Å². The van der Waals surface area contributed by atoms with Gasteiger partial charge in [0.25, 0.3) is 0 Å². The van der Waals surface area contributed by atoms with E-state index in [1.54, 1.807) is 0 Å².